The van der Waals surface area contributed by atoms with Crippen molar-refractivity contribution in [1.82, 2.24) is 0 Å². The van der Waals surface area contributed by atoms with Crippen LogP contribution in [0.2, 0.25) is 0 Å². The van der Waals surface area contributed by atoms with E-state index in [1.54, 1.807) is 0 Å². The summed E-state index contributed by atoms with van der Waals surface area (Å²) in [5.74, 6) is 0.850. The lowest BCUT2D eigenvalue weighted by molar-refractivity contribution is -0.0299. The van der Waals surface area contributed by atoms with E-state index in [4.69, 9.17) is 14.2 Å². The maximum Gasteiger partial charge on any atom is 0.124 e. The van der Waals surface area contributed by atoms with E-state index in [2.05, 4.69) is 0 Å². The van der Waals surface area contributed by atoms with Crippen molar-refractivity contribution in [3.8, 4) is 5.75 Å². The smallest absolute Gasteiger partial charge is 0.124 e. The van der Waals surface area contributed by atoms with Gasteiger partial charge in [-0.3, -0.25) is 0 Å². The van der Waals surface area contributed by atoms with E-state index in [1.165, 1.54) is 0 Å². The number of para-hydroxylation sites is 1. The van der Waals surface area contributed by atoms with Crippen molar-refractivity contribution in [1.29, 1.82) is 0 Å². The molecule has 1 fully saturated rings. The molecular formula is C14H20O4. The largest absolute Gasteiger partial charge is 0.488 e. The third-order valence-electron chi connectivity index (χ3n) is 2.84. The Morgan fingerprint density at radius 1 is 1.00 bits per heavy atom. The van der Waals surface area contributed by atoms with Crippen molar-refractivity contribution in [3.63, 3.8) is 0 Å². The molecule has 0 aromatic heterocycles. The molecule has 1 saturated heterocycles. The maximum absolute atomic E-state index is 9.50. The Kier molecular flexibility index (Phi) is 5.45. The summed E-state index contributed by atoms with van der Waals surface area (Å²) in [5.41, 5.74) is 0. The lowest BCUT2D eigenvalue weighted by atomic mass is 10.2. The van der Waals surface area contributed by atoms with E-state index in [9.17, 15) is 5.11 Å². The minimum Gasteiger partial charge on any atom is -0.488 e. The average molecular weight is 252 g/mol. The van der Waals surface area contributed by atoms with Crippen LogP contribution < -0.4 is 4.74 Å². The molecule has 1 aromatic carbocycles. The predicted octanol–water partition coefficient (Wildman–Crippen LogP) is 1.62. The molecule has 0 saturated carbocycles. The van der Waals surface area contributed by atoms with Crippen molar-refractivity contribution in [2.45, 2.75) is 25.0 Å². The number of benzene rings is 1. The van der Waals surface area contributed by atoms with Crippen LogP contribution in [0.3, 0.4) is 0 Å². The highest BCUT2D eigenvalue weighted by Gasteiger charge is 2.14. The molecule has 1 aliphatic rings. The standard InChI is InChI=1S/C14H20O4/c15-12-6-8-17-11-14(7-9-16-10-12)18-13-4-2-1-3-5-13/h1-5,12,14-15H,6-11H2. The Bertz CT molecular complexity index is 316. The first-order chi connectivity index (χ1) is 8.84. The molecule has 0 amide bonds. The summed E-state index contributed by atoms with van der Waals surface area (Å²) in [7, 11) is 0. The third kappa shape index (κ3) is 4.64. The van der Waals surface area contributed by atoms with Gasteiger partial charge in [-0.05, 0) is 18.6 Å². The highest BCUT2D eigenvalue weighted by molar-refractivity contribution is 5.21. The van der Waals surface area contributed by atoms with E-state index >= 15 is 0 Å². The van der Waals surface area contributed by atoms with Crippen LogP contribution in [0.1, 0.15) is 12.8 Å². The van der Waals surface area contributed by atoms with Gasteiger partial charge in [0.2, 0.25) is 0 Å². The van der Waals surface area contributed by atoms with E-state index in [0.29, 0.717) is 32.8 Å². The van der Waals surface area contributed by atoms with Crippen molar-refractivity contribution >= 4 is 0 Å². The van der Waals surface area contributed by atoms with Gasteiger partial charge in [-0.25, -0.2) is 0 Å². The SMILES string of the molecule is OC1CCOCC(Oc2ccccc2)CCOC1. The monoisotopic (exact) mass is 252 g/mol. The third-order valence-corrected chi connectivity index (χ3v) is 2.84. The highest BCUT2D eigenvalue weighted by Crippen LogP contribution is 2.13. The second-order valence-corrected chi connectivity index (χ2v) is 4.43. The molecule has 1 heterocycles. The van der Waals surface area contributed by atoms with E-state index in [-0.39, 0.29) is 6.10 Å². The van der Waals surface area contributed by atoms with Gasteiger partial charge in [0, 0.05) is 13.0 Å². The number of aliphatic hydroxyl groups is 1. The van der Waals surface area contributed by atoms with Gasteiger partial charge in [-0.2, -0.15) is 0 Å². The first-order valence-electron chi connectivity index (χ1n) is 6.40. The zero-order valence-electron chi connectivity index (χ0n) is 10.5. The maximum atomic E-state index is 9.50. The highest BCUT2D eigenvalue weighted by atomic mass is 16.5. The zero-order chi connectivity index (χ0) is 12.6. The fourth-order valence-corrected chi connectivity index (χ4v) is 1.82. The van der Waals surface area contributed by atoms with Crippen molar-refractivity contribution < 1.29 is 19.3 Å². The minimum absolute atomic E-state index is 0.00245. The Morgan fingerprint density at radius 3 is 2.56 bits per heavy atom. The lowest BCUT2D eigenvalue weighted by Gasteiger charge is -2.22. The first-order valence-corrected chi connectivity index (χ1v) is 6.40. The molecule has 2 unspecified atom stereocenters. The first kappa shape index (κ1) is 13.3. The molecule has 0 bridgehead atoms. The Labute approximate surface area is 107 Å². The molecule has 1 aliphatic heterocycles. The number of aliphatic hydroxyl groups excluding tert-OH is 1. The molecule has 1 N–H and O–H groups in total. The summed E-state index contributed by atoms with van der Waals surface area (Å²) in [6, 6.07) is 9.72. The summed E-state index contributed by atoms with van der Waals surface area (Å²) >= 11 is 0. The summed E-state index contributed by atoms with van der Waals surface area (Å²) in [6.07, 6.45) is 0.957. The van der Waals surface area contributed by atoms with Gasteiger partial charge in [0.15, 0.2) is 0 Å². The molecule has 1 aromatic rings. The molecule has 18 heavy (non-hydrogen) atoms. The van der Waals surface area contributed by atoms with Crippen LogP contribution in [0.4, 0.5) is 0 Å². The van der Waals surface area contributed by atoms with Gasteiger partial charge in [0.05, 0.1) is 25.9 Å². The number of rotatable bonds is 2. The molecule has 4 heteroatoms. The minimum atomic E-state index is -0.420. The van der Waals surface area contributed by atoms with Crippen LogP contribution in [0, 0.1) is 0 Å². The zero-order valence-corrected chi connectivity index (χ0v) is 10.5. The number of ether oxygens (including phenoxy) is 3. The van der Waals surface area contributed by atoms with Gasteiger partial charge >= 0.3 is 0 Å². The molecule has 0 aliphatic carbocycles. The van der Waals surface area contributed by atoms with E-state index in [1.807, 2.05) is 30.3 Å². The normalized spacial score (nSPS) is 26.5. The topological polar surface area (TPSA) is 47.9 Å². The lowest BCUT2D eigenvalue weighted by Crippen LogP contribution is -2.29. The molecule has 0 spiro atoms. The van der Waals surface area contributed by atoms with E-state index < -0.39 is 6.10 Å². The van der Waals surface area contributed by atoms with Crippen LogP contribution in [-0.4, -0.2) is 43.7 Å². The van der Waals surface area contributed by atoms with Crippen LogP contribution in [0.5, 0.6) is 5.75 Å². The van der Waals surface area contributed by atoms with Crippen molar-refractivity contribution in [3.05, 3.63) is 30.3 Å². The number of hydrogen-bond donors (Lipinski definition) is 1. The molecule has 2 rings (SSSR count). The fraction of sp³-hybridized carbons (Fsp3) is 0.571. The molecular weight excluding hydrogens is 232 g/mol. The van der Waals surface area contributed by atoms with Crippen molar-refractivity contribution in [2.75, 3.05) is 26.4 Å². The van der Waals surface area contributed by atoms with Crippen LogP contribution in [0.25, 0.3) is 0 Å². The van der Waals surface area contributed by atoms with Crippen LogP contribution in [0.15, 0.2) is 30.3 Å². The van der Waals surface area contributed by atoms with Gasteiger partial charge < -0.3 is 19.3 Å². The molecule has 100 valence electrons. The summed E-state index contributed by atoms with van der Waals surface area (Å²) < 4.78 is 16.8. The summed E-state index contributed by atoms with van der Waals surface area (Å²) in [5, 5.41) is 9.50. The Hall–Kier alpha value is -1.10. The molecule has 2 atom stereocenters. The predicted molar refractivity (Wildman–Crippen MR) is 67.7 cm³/mol. The van der Waals surface area contributed by atoms with Gasteiger partial charge in [-0.15, -0.1) is 0 Å². The van der Waals surface area contributed by atoms with Gasteiger partial charge in [0.25, 0.3) is 0 Å². The average Bonchev–Trinajstić information content (AvgIpc) is 2.40. The second kappa shape index (κ2) is 7.36. The summed E-state index contributed by atoms with van der Waals surface area (Å²) in [4.78, 5) is 0. The van der Waals surface area contributed by atoms with Gasteiger partial charge in [0.1, 0.15) is 11.9 Å². The molecule has 4 nitrogen and oxygen atoms in total. The quantitative estimate of drug-likeness (QED) is 0.869. The van der Waals surface area contributed by atoms with Crippen LogP contribution >= 0.6 is 0 Å². The van der Waals surface area contributed by atoms with Crippen molar-refractivity contribution in [2.24, 2.45) is 0 Å². The fourth-order valence-electron chi connectivity index (χ4n) is 1.82. The van der Waals surface area contributed by atoms with E-state index in [0.717, 1.165) is 12.2 Å². The Balaban J connectivity index is 1.83. The summed E-state index contributed by atoms with van der Waals surface area (Å²) in [6.45, 7) is 2.03. The van der Waals surface area contributed by atoms with Crippen LogP contribution in [-0.2, 0) is 9.47 Å². The second-order valence-electron chi connectivity index (χ2n) is 4.43. The number of hydrogen-bond acceptors (Lipinski definition) is 4. The van der Waals surface area contributed by atoms with Gasteiger partial charge in [-0.1, -0.05) is 18.2 Å². The molecule has 0 radical (unpaired) electrons. The Morgan fingerprint density at radius 2 is 1.72 bits per heavy atom.